The SMILES string of the molecule is CC1=C(C(=O)Nc2cccc(C)c2)[C@H](c2cc(Cl)c(O)c(Br)c2)NC(=O)N1. The lowest BCUT2D eigenvalue weighted by atomic mass is 9.94. The van der Waals surface area contributed by atoms with Crippen LogP contribution in [-0.4, -0.2) is 17.0 Å². The van der Waals surface area contributed by atoms with E-state index in [9.17, 15) is 14.7 Å². The van der Waals surface area contributed by atoms with Gasteiger partial charge >= 0.3 is 6.03 Å². The topological polar surface area (TPSA) is 90.5 Å². The van der Waals surface area contributed by atoms with Crippen LogP contribution in [0.2, 0.25) is 5.02 Å². The number of benzene rings is 2. The smallest absolute Gasteiger partial charge is 0.319 e. The fourth-order valence-electron chi connectivity index (χ4n) is 2.92. The highest BCUT2D eigenvalue weighted by molar-refractivity contribution is 9.10. The number of rotatable bonds is 3. The molecule has 1 atom stereocenters. The van der Waals surface area contributed by atoms with Crippen molar-refractivity contribution < 1.29 is 14.7 Å². The average molecular weight is 451 g/mol. The monoisotopic (exact) mass is 449 g/mol. The van der Waals surface area contributed by atoms with Crippen molar-refractivity contribution in [1.29, 1.82) is 0 Å². The van der Waals surface area contributed by atoms with Crippen molar-refractivity contribution in [2.75, 3.05) is 5.32 Å². The van der Waals surface area contributed by atoms with E-state index in [0.717, 1.165) is 5.56 Å². The van der Waals surface area contributed by atoms with E-state index >= 15 is 0 Å². The minimum absolute atomic E-state index is 0.104. The van der Waals surface area contributed by atoms with Gasteiger partial charge in [-0.05, 0) is 65.2 Å². The van der Waals surface area contributed by atoms with Crippen molar-refractivity contribution in [2.45, 2.75) is 19.9 Å². The lowest BCUT2D eigenvalue weighted by molar-refractivity contribution is -0.113. The Morgan fingerprint density at radius 1 is 1.26 bits per heavy atom. The molecule has 0 bridgehead atoms. The number of phenols is 1. The summed E-state index contributed by atoms with van der Waals surface area (Å²) in [5.41, 5.74) is 3.02. The van der Waals surface area contributed by atoms with Gasteiger partial charge < -0.3 is 21.1 Å². The molecule has 0 fully saturated rings. The summed E-state index contributed by atoms with van der Waals surface area (Å²) in [7, 11) is 0. The van der Waals surface area contributed by atoms with Crippen LogP contribution in [0.4, 0.5) is 10.5 Å². The molecule has 0 spiro atoms. The number of nitrogens with one attached hydrogen (secondary N) is 3. The van der Waals surface area contributed by atoms with Gasteiger partial charge in [0.15, 0.2) is 0 Å². The van der Waals surface area contributed by atoms with Gasteiger partial charge in [-0.1, -0.05) is 23.7 Å². The number of hydrogen-bond donors (Lipinski definition) is 4. The number of aryl methyl sites for hydroxylation is 1. The number of anilines is 1. The second-order valence-electron chi connectivity index (χ2n) is 6.23. The van der Waals surface area contributed by atoms with E-state index in [2.05, 4.69) is 31.9 Å². The number of halogens is 2. The lowest BCUT2D eigenvalue weighted by Crippen LogP contribution is -2.46. The molecule has 1 aliphatic rings. The maximum Gasteiger partial charge on any atom is 0.319 e. The van der Waals surface area contributed by atoms with Gasteiger partial charge in [-0.2, -0.15) is 0 Å². The third kappa shape index (κ3) is 4.09. The Kier molecular flexibility index (Phi) is 5.43. The highest BCUT2D eigenvalue weighted by atomic mass is 79.9. The van der Waals surface area contributed by atoms with E-state index < -0.39 is 12.1 Å². The minimum atomic E-state index is -0.724. The summed E-state index contributed by atoms with van der Waals surface area (Å²) in [6.45, 7) is 3.59. The molecule has 0 aliphatic carbocycles. The molecule has 1 aliphatic heterocycles. The van der Waals surface area contributed by atoms with Gasteiger partial charge in [0.05, 0.1) is 21.1 Å². The van der Waals surface area contributed by atoms with Crippen LogP contribution in [0.1, 0.15) is 24.1 Å². The first-order valence-corrected chi connectivity index (χ1v) is 9.27. The average Bonchev–Trinajstić information content (AvgIpc) is 2.58. The van der Waals surface area contributed by atoms with Crippen LogP contribution < -0.4 is 16.0 Å². The zero-order valence-electron chi connectivity index (χ0n) is 14.6. The Bertz CT molecular complexity index is 951. The quantitative estimate of drug-likeness (QED) is 0.559. The molecule has 3 amide bonds. The Hall–Kier alpha value is -2.51. The second kappa shape index (κ2) is 7.62. The van der Waals surface area contributed by atoms with Gasteiger partial charge in [0.1, 0.15) is 5.75 Å². The molecular formula is C19H17BrClN3O3. The lowest BCUT2D eigenvalue weighted by Gasteiger charge is -2.29. The number of amides is 3. The summed E-state index contributed by atoms with van der Waals surface area (Å²) in [6, 6.07) is 9.41. The van der Waals surface area contributed by atoms with Gasteiger partial charge in [0.25, 0.3) is 5.91 Å². The summed E-state index contributed by atoms with van der Waals surface area (Å²) >= 11 is 9.29. The number of urea groups is 1. The Morgan fingerprint density at radius 2 is 2.00 bits per heavy atom. The molecule has 1 heterocycles. The van der Waals surface area contributed by atoms with Gasteiger partial charge in [0.2, 0.25) is 0 Å². The van der Waals surface area contributed by atoms with Crippen molar-refractivity contribution in [3.63, 3.8) is 0 Å². The number of hydrogen-bond acceptors (Lipinski definition) is 3. The molecule has 8 heteroatoms. The molecule has 0 unspecified atom stereocenters. The van der Waals surface area contributed by atoms with Crippen molar-refractivity contribution in [2.24, 2.45) is 0 Å². The Labute approximate surface area is 169 Å². The van der Waals surface area contributed by atoms with E-state index in [1.165, 1.54) is 6.07 Å². The first-order valence-electron chi connectivity index (χ1n) is 8.10. The van der Waals surface area contributed by atoms with Crippen molar-refractivity contribution >= 4 is 45.2 Å². The van der Waals surface area contributed by atoms with Crippen LogP contribution in [-0.2, 0) is 4.79 Å². The number of carbonyl (C=O) groups is 2. The highest BCUT2D eigenvalue weighted by Gasteiger charge is 2.32. The maximum atomic E-state index is 13.0. The molecular weight excluding hydrogens is 434 g/mol. The summed E-state index contributed by atoms with van der Waals surface area (Å²) < 4.78 is 0.369. The minimum Gasteiger partial charge on any atom is -0.505 e. The molecule has 0 saturated carbocycles. The van der Waals surface area contributed by atoms with Gasteiger partial charge in [-0.25, -0.2) is 4.79 Å². The normalized spacial score (nSPS) is 16.6. The second-order valence-corrected chi connectivity index (χ2v) is 7.49. The van der Waals surface area contributed by atoms with Crippen LogP contribution >= 0.6 is 27.5 Å². The number of allylic oxidation sites excluding steroid dienone is 1. The number of aromatic hydroxyl groups is 1. The first kappa shape index (κ1) is 19.3. The number of phenolic OH excluding ortho intramolecular Hbond substituents is 1. The van der Waals surface area contributed by atoms with Crippen LogP contribution in [0.15, 0.2) is 52.1 Å². The van der Waals surface area contributed by atoms with Gasteiger partial charge in [-0.15, -0.1) is 0 Å². The molecule has 0 saturated heterocycles. The standard InChI is InChI=1S/C19H17BrClN3O3/c1-9-4-3-5-12(6-9)23-18(26)15-10(2)22-19(27)24-16(15)11-7-13(20)17(25)14(21)8-11/h3-8,16,25H,1-2H3,(H,23,26)(H2,22,24,27)/t16-/m0/s1. The molecule has 2 aromatic carbocycles. The van der Waals surface area contributed by atoms with Crippen molar-refractivity contribution in [3.05, 3.63) is 68.3 Å². The van der Waals surface area contributed by atoms with Crippen molar-refractivity contribution in [1.82, 2.24) is 10.6 Å². The highest BCUT2D eigenvalue weighted by Crippen LogP contribution is 2.37. The van der Waals surface area contributed by atoms with E-state index in [1.54, 1.807) is 19.1 Å². The molecule has 6 nitrogen and oxygen atoms in total. The summed E-state index contributed by atoms with van der Waals surface area (Å²) in [6.07, 6.45) is 0. The summed E-state index contributed by atoms with van der Waals surface area (Å²) in [5, 5.41) is 18.2. The van der Waals surface area contributed by atoms with Crippen LogP contribution in [0.5, 0.6) is 5.75 Å². The first-order chi connectivity index (χ1) is 12.8. The molecule has 4 N–H and O–H groups in total. The fraction of sp³-hybridized carbons (Fsp3) is 0.158. The molecule has 27 heavy (non-hydrogen) atoms. The van der Waals surface area contributed by atoms with E-state index in [4.69, 9.17) is 11.6 Å². The summed E-state index contributed by atoms with van der Waals surface area (Å²) in [5.74, 6) is -0.455. The third-order valence-electron chi connectivity index (χ3n) is 4.16. The maximum absolute atomic E-state index is 13.0. The van der Waals surface area contributed by atoms with Gasteiger partial charge in [-0.3, -0.25) is 4.79 Å². The predicted molar refractivity (Wildman–Crippen MR) is 108 cm³/mol. The Balaban J connectivity index is 2.00. The van der Waals surface area contributed by atoms with Crippen LogP contribution in [0.25, 0.3) is 0 Å². The largest absolute Gasteiger partial charge is 0.505 e. The van der Waals surface area contributed by atoms with E-state index in [1.807, 2.05) is 25.1 Å². The molecule has 140 valence electrons. The van der Waals surface area contributed by atoms with E-state index in [0.29, 0.717) is 27.0 Å². The summed E-state index contributed by atoms with van der Waals surface area (Å²) in [4.78, 5) is 24.9. The molecule has 0 aromatic heterocycles. The zero-order chi connectivity index (χ0) is 19.7. The van der Waals surface area contributed by atoms with Crippen LogP contribution in [0, 0.1) is 6.92 Å². The third-order valence-corrected chi connectivity index (χ3v) is 5.05. The molecule has 3 rings (SSSR count). The van der Waals surface area contributed by atoms with E-state index in [-0.39, 0.29) is 16.7 Å². The molecule has 2 aromatic rings. The van der Waals surface area contributed by atoms with Gasteiger partial charge in [0, 0.05) is 11.4 Å². The Morgan fingerprint density at radius 3 is 2.67 bits per heavy atom. The van der Waals surface area contributed by atoms with Crippen LogP contribution in [0.3, 0.4) is 0 Å². The fourth-order valence-corrected chi connectivity index (χ4v) is 3.74. The zero-order valence-corrected chi connectivity index (χ0v) is 16.9. The van der Waals surface area contributed by atoms with Crippen molar-refractivity contribution in [3.8, 4) is 5.75 Å². The molecule has 0 radical (unpaired) electrons. The number of carbonyl (C=O) groups excluding carboxylic acids is 2. The predicted octanol–water partition coefficient (Wildman–Crippen LogP) is 4.38.